The minimum absolute atomic E-state index is 0.186. The molecule has 0 atom stereocenters. The third-order valence-electron chi connectivity index (χ3n) is 25.5. The third kappa shape index (κ3) is 11.2. The molecule has 0 amide bonds. The van der Waals surface area contributed by atoms with Crippen molar-refractivity contribution in [3.05, 3.63) is 122 Å². The van der Waals surface area contributed by atoms with Crippen molar-refractivity contribution in [2.75, 3.05) is 6.26 Å². The van der Waals surface area contributed by atoms with Crippen molar-refractivity contribution in [2.45, 2.75) is 332 Å². The van der Waals surface area contributed by atoms with Gasteiger partial charge in [0.2, 0.25) is 0 Å². The first-order valence-electron chi connectivity index (χ1n) is 34.7. The minimum Gasteiger partial charge on any atom is -0.425 e. The van der Waals surface area contributed by atoms with Gasteiger partial charge in [-0.1, -0.05) is 214 Å². The average Bonchev–Trinajstić information content (AvgIpc) is 2.38. The SMILES string of the molecule is CC.CSOc1c(-c2cc(C3(C)CCCC3)cc(C3(C)CCCC3)c2C2=C[CH]2)cc(C2(C)CCCC2)cc1C1(C)CCCC1.Cc1c(-c2cc(C3(C)CCCC3)cc(C3(C)CCCC3)c2C)cc(C2(C)CCCC2)cc1C1(C)CCCC1. The van der Waals surface area contributed by atoms with Crippen LogP contribution < -0.4 is 4.18 Å². The van der Waals surface area contributed by atoms with Crippen molar-refractivity contribution in [2.24, 2.45) is 0 Å². The smallest absolute Gasteiger partial charge is 0.148 e. The van der Waals surface area contributed by atoms with Gasteiger partial charge in [-0.3, -0.25) is 0 Å². The van der Waals surface area contributed by atoms with Gasteiger partial charge in [0.1, 0.15) is 5.75 Å². The van der Waals surface area contributed by atoms with E-state index in [1.807, 2.05) is 13.8 Å². The van der Waals surface area contributed by atoms with Gasteiger partial charge in [-0.25, -0.2) is 0 Å². The zero-order chi connectivity index (χ0) is 57.9. The number of rotatable bonds is 13. The molecule has 82 heavy (non-hydrogen) atoms. The summed E-state index contributed by atoms with van der Waals surface area (Å²) in [6, 6.07) is 21.4. The summed E-state index contributed by atoms with van der Waals surface area (Å²) in [4.78, 5) is 0. The van der Waals surface area contributed by atoms with E-state index in [0.29, 0.717) is 21.7 Å². The van der Waals surface area contributed by atoms with Crippen molar-refractivity contribution in [1.29, 1.82) is 0 Å². The van der Waals surface area contributed by atoms with Gasteiger partial charge in [0.25, 0.3) is 0 Å². The molecule has 0 heterocycles. The highest BCUT2D eigenvalue weighted by Crippen LogP contribution is 2.58. The fraction of sp³-hybridized carbons (Fsp3) is 0.662. The Morgan fingerprint density at radius 1 is 0.317 bits per heavy atom. The van der Waals surface area contributed by atoms with E-state index < -0.39 is 0 Å². The van der Waals surface area contributed by atoms with E-state index in [0.717, 1.165) is 5.75 Å². The maximum atomic E-state index is 6.77. The Labute approximate surface area is 507 Å². The lowest BCUT2D eigenvalue weighted by atomic mass is 9.69. The van der Waals surface area contributed by atoms with Crippen LogP contribution in [0.1, 0.15) is 336 Å². The van der Waals surface area contributed by atoms with Crippen LogP contribution >= 0.6 is 12.0 Å². The molecule has 1 nitrogen and oxygen atoms in total. The van der Waals surface area contributed by atoms with Crippen molar-refractivity contribution < 1.29 is 4.18 Å². The fourth-order valence-corrected chi connectivity index (χ4v) is 19.8. The molecule has 2 heteroatoms. The van der Waals surface area contributed by atoms with Crippen molar-refractivity contribution >= 4 is 17.6 Å². The summed E-state index contributed by atoms with van der Waals surface area (Å²) in [5.74, 6) is 1.16. The van der Waals surface area contributed by atoms with Gasteiger partial charge in [0.15, 0.2) is 0 Å². The Morgan fingerprint density at radius 3 is 0.866 bits per heavy atom. The Kier molecular flexibility index (Phi) is 17.3. The number of allylic oxidation sites excluding steroid dienone is 2. The molecule has 1 radical (unpaired) electrons. The maximum Gasteiger partial charge on any atom is 0.148 e. The molecule has 0 bridgehead atoms. The zero-order valence-electron chi connectivity index (χ0n) is 54.7. The van der Waals surface area contributed by atoms with Gasteiger partial charge in [0.05, 0.1) is 12.0 Å². The van der Waals surface area contributed by atoms with E-state index in [-0.39, 0.29) is 21.7 Å². The summed E-state index contributed by atoms with van der Waals surface area (Å²) >= 11 is 1.54. The predicted octanol–water partition coefficient (Wildman–Crippen LogP) is 24.3. The predicted molar refractivity (Wildman–Crippen MR) is 358 cm³/mol. The first kappa shape index (κ1) is 60.5. The van der Waals surface area contributed by atoms with Crippen LogP contribution in [0.5, 0.6) is 5.75 Å². The average molecular weight is 1120 g/mol. The molecule has 0 spiro atoms. The van der Waals surface area contributed by atoms with Crippen LogP contribution in [-0.2, 0) is 43.3 Å². The Hall–Kier alpha value is -3.23. The molecule has 8 fully saturated rings. The third-order valence-corrected chi connectivity index (χ3v) is 25.8. The van der Waals surface area contributed by atoms with Crippen molar-refractivity contribution in [1.82, 2.24) is 0 Å². The largest absolute Gasteiger partial charge is 0.425 e. The molecule has 445 valence electrons. The first-order chi connectivity index (χ1) is 39.3. The molecule has 0 aliphatic heterocycles. The number of benzene rings is 4. The molecular formula is C80H113OS. The van der Waals surface area contributed by atoms with Crippen molar-refractivity contribution in [3.63, 3.8) is 0 Å². The second-order valence-corrected chi connectivity index (χ2v) is 31.9. The first-order valence-corrected chi connectivity index (χ1v) is 35.9. The van der Waals surface area contributed by atoms with E-state index in [4.69, 9.17) is 4.18 Å². The van der Waals surface area contributed by atoms with Gasteiger partial charge < -0.3 is 4.18 Å². The van der Waals surface area contributed by atoms with Gasteiger partial charge in [-0.15, -0.1) is 0 Å². The molecule has 9 aliphatic carbocycles. The summed E-state index contributed by atoms with van der Waals surface area (Å²) in [6.07, 6.45) is 50.0. The van der Waals surface area contributed by atoms with E-state index in [2.05, 4.69) is 137 Å². The maximum absolute atomic E-state index is 6.77. The molecule has 0 saturated heterocycles. The van der Waals surface area contributed by atoms with E-state index in [1.165, 1.54) is 245 Å². The topological polar surface area (TPSA) is 9.23 Å². The van der Waals surface area contributed by atoms with Gasteiger partial charge in [-0.2, -0.15) is 0 Å². The molecule has 13 rings (SSSR count). The highest BCUT2D eigenvalue weighted by atomic mass is 32.2. The molecule has 4 aromatic rings. The number of hydrogen-bond acceptors (Lipinski definition) is 2. The summed E-state index contributed by atoms with van der Waals surface area (Å²) in [6.45, 7) is 29.5. The van der Waals surface area contributed by atoms with Gasteiger partial charge >= 0.3 is 0 Å². The summed E-state index contributed by atoms with van der Waals surface area (Å²) in [5.41, 5.74) is 27.4. The van der Waals surface area contributed by atoms with E-state index >= 15 is 0 Å². The Morgan fingerprint density at radius 2 is 0.561 bits per heavy atom. The quantitative estimate of drug-likeness (QED) is 0.123. The molecule has 0 N–H and O–H groups in total. The molecular weight excluding hydrogens is 1010 g/mol. The standard InChI is InChI=1S/C40H53OS.C38H54.C2H6/c1-37(16-6-7-17-37)29-24-31(35(28-14-15-28)33(26-29)39(3)20-10-11-21-39)32-25-30(38(2)18-8-9-19-38)27-34(36(32)41-42-5)40(4)22-12-13-23-40;1-27-31(23-29(35(3)15-7-8-16-35)25-33(27)37(5)19-11-12-20-37)32-24-30(36(4)17-9-10-18-36)26-34(28(32)2)38(6)21-13-14-22-38;1-2/h14-15,24-27H,6-13,16-23H2,1-5H3;23-26H,7-22H2,1-6H3;1-2H3. The van der Waals surface area contributed by atoms with Crippen LogP contribution in [0.3, 0.4) is 0 Å². The molecule has 0 unspecified atom stereocenters. The second-order valence-electron chi connectivity index (χ2n) is 31.4. The lowest BCUT2D eigenvalue weighted by Crippen LogP contribution is -2.24. The highest BCUT2D eigenvalue weighted by Gasteiger charge is 2.44. The molecule has 0 aromatic heterocycles. The van der Waals surface area contributed by atoms with Crippen LogP contribution in [-0.4, -0.2) is 6.26 Å². The van der Waals surface area contributed by atoms with Gasteiger partial charge in [-0.05, 0) is 250 Å². The molecule has 4 aromatic carbocycles. The van der Waals surface area contributed by atoms with Crippen molar-refractivity contribution in [3.8, 4) is 28.0 Å². The normalized spacial score (nSPS) is 24.7. The summed E-state index contributed by atoms with van der Waals surface area (Å²) in [5, 5.41) is 0. The van der Waals surface area contributed by atoms with Crippen LogP contribution in [0, 0.1) is 20.3 Å². The van der Waals surface area contributed by atoms with E-state index in [1.54, 1.807) is 61.2 Å². The second kappa shape index (κ2) is 23.5. The zero-order valence-corrected chi connectivity index (χ0v) is 55.5. The monoisotopic (exact) mass is 1120 g/mol. The minimum atomic E-state index is 0.186. The van der Waals surface area contributed by atoms with Gasteiger partial charge in [0, 0.05) is 23.8 Å². The number of hydrogen-bond donors (Lipinski definition) is 0. The van der Waals surface area contributed by atoms with Crippen LogP contribution in [0.2, 0.25) is 0 Å². The van der Waals surface area contributed by atoms with Crippen LogP contribution in [0.25, 0.3) is 27.8 Å². The molecule has 9 aliphatic rings. The highest BCUT2D eigenvalue weighted by molar-refractivity contribution is 7.94. The van der Waals surface area contributed by atoms with Crippen LogP contribution in [0.4, 0.5) is 0 Å². The summed E-state index contributed by atoms with van der Waals surface area (Å²) in [7, 11) is 0. The van der Waals surface area contributed by atoms with E-state index in [9.17, 15) is 0 Å². The Balaban J connectivity index is 0.000000168. The lowest BCUT2D eigenvalue weighted by molar-refractivity contribution is 0.461. The molecule has 8 saturated carbocycles. The lowest BCUT2D eigenvalue weighted by Gasteiger charge is -2.35. The summed E-state index contributed by atoms with van der Waals surface area (Å²) < 4.78 is 6.77. The van der Waals surface area contributed by atoms with Crippen LogP contribution in [0.15, 0.2) is 54.6 Å². The fourth-order valence-electron chi connectivity index (χ4n) is 19.4. The Bertz CT molecular complexity index is 2870.